The Labute approximate surface area is 252 Å². The van der Waals surface area contributed by atoms with Gasteiger partial charge in [0.15, 0.2) is 0 Å². The number of carbonyl (C=O) groups excluding carboxylic acids is 4. The summed E-state index contributed by atoms with van der Waals surface area (Å²) >= 11 is 1.29. The number of rotatable bonds is 11. The van der Waals surface area contributed by atoms with Crippen LogP contribution in [0, 0.1) is 5.82 Å². The number of amides is 4. The Morgan fingerprint density at radius 2 is 1.56 bits per heavy atom. The van der Waals surface area contributed by atoms with Crippen molar-refractivity contribution in [1.82, 2.24) is 5.32 Å². The average molecular weight is 597 g/mol. The van der Waals surface area contributed by atoms with Crippen LogP contribution in [0.1, 0.15) is 39.6 Å². The molecule has 4 amide bonds. The monoisotopic (exact) mass is 596 g/mol. The number of primary amides is 1. The fourth-order valence-electron chi connectivity index (χ4n) is 4.02. The van der Waals surface area contributed by atoms with Gasteiger partial charge in [-0.05, 0) is 72.7 Å². The third-order valence-electron chi connectivity index (χ3n) is 6.19. The molecule has 1 unspecified atom stereocenters. The normalized spacial score (nSPS) is 11.7. The lowest BCUT2D eigenvalue weighted by molar-refractivity contribution is -0.116. The van der Waals surface area contributed by atoms with Gasteiger partial charge >= 0.3 is 0 Å². The van der Waals surface area contributed by atoms with Crippen molar-refractivity contribution in [2.24, 2.45) is 5.73 Å². The van der Waals surface area contributed by atoms with Crippen LogP contribution in [0.5, 0.6) is 0 Å². The number of benzene rings is 4. The molecule has 8 nitrogen and oxygen atoms in total. The molecule has 0 aliphatic carbocycles. The molecule has 0 aliphatic heterocycles. The fourth-order valence-corrected chi connectivity index (χ4v) is 5.03. The van der Waals surface area contributed by atoms with Gasteiger partial charge < -0.3 is 21.7 Å². The van der Waals surface area contributed by atoms with Gasteiger partial charge in [-0.15, -0.1) is 11.8 Å². The summed E-state index contributed by atoms with van der Waals surface area (Å²) in [6, 6.07) is 27.4. The molecule has 5 N–H and O–H groups in total. The lowest BCUT2D eigenvalue weighted by Crippen LogP contribution is -2.30. The minimum Gasteiger partial charge on any atom is -0.366 e. The molecule has 0 spiro atoms. The smallest absolute Gasteiger partial charge is 0.272 e. The van der Waals surface area contributed by atoms with E-state index in [2.05, 4.69) is 16.0 Å². The van der Waals surface area contributed by atoms with E-state index in [0.717, 1.165) is 0 Å². The molecule has 218 valence electrons. The Bertz CT molecular complexity index is 1660. The van der Waals surface area contributed by atoms with Gasteiger partial charge in [0.25, 0.3) is 17.7 Å². The number of thioether (sulfide) groups is 1. The topological polar surface area (TPSA) is 130 Å². The van der Waals surface area contributed by atoms with Gasteiger partial charge in [-0.3, -0.25) is 19.2 Å². The van der Waals surface area contributed by atoms with Crippen molar-refractivity contribution in [3.05, 3.63) is 131 Å². The Hall–Kier alpha value is -5.22. The van der Waals surface area contributed by atoms with Crippen molar-refractivity contribution in [2.75, 3.05) is 10.6 Å². The van der Waals surface area contributed by atoms with E-state index in [9.17, 15) is 23.6 Å². The molecule has 0 saturated heterocycles. The average Bonchev–Trinajstić information content (AvgIpc) is 3.01. The molecule has 0 saturated carbocycles. The van der Waals surface area contributed by atoms with Gasteiger partial charge in [-0.1, -0.05) is 55.5 Å². The summed E-state index contributed by atoms with van der Waals surface area (Å²) in [5.74, 6) is -2.45. The predicted molar refractivity (Wildman–Crippen MR) is 167 cm³/mol. The zero-order valence-electron chi connectivity index (χ0n) is 23.2. The van der Waals surface area contributed by atoms with E-state index < -0.39 is 28.8 Å². The third-order valence-corrected chi connectivity index (χ3v) is 7.55. The molecule has 4 rings (SSSR count). The van der Waals surface area contributed by atoms with E-state index >= 15 is 0 Å². The molecule has 10 heteroatoms. The number of halogens is 1. The predicted octanol–water partition coefficient (Wildman–Crippen LogP) is 5.84. The lowest BCUT2D eigenvalue weighted by atomic mass is 10.1. The molecule has 0 aliphatic rings. The molecule has 0 aromatic heterocycles. The summed E-state index contributed by atoms with van der Waals surface area (Å²) in [6.45, 7) is 1.87. The largest absolute Gasteiger partial charge is 0.366 e. The Morgan fingerprint density at radius 1 is 0.860 bits per heavy atom. The van der Waals surface area contributed by atoms with E-state index in [0.29, 0.717) is 33.8 Å². The van der Waals surface area contributed by atoms with Crippen LogP contribution in [0.4, 0.5) is 15.8 Å². The highest BCUT2D eigenvalue weighted by molar-refractivity contribution is 8.00. The number of para-hydroxylation sites is 1. The number of nitrogens with two attached hydrogens (primary N) is 1. The summed E-state index contributed by atoms with van der Waals surface area (Å²) in [5.41, 5.74) is 7.24. The highest BCUT2D eigenvalue weighted by Crippen LogP contribution is 2.29. The second-order valence-electron chi connectivity index (χ2n) is 9.33. The van der Waals surface area contributed by atoms with Crippen LogP contribution >= 0.6 is 11.8 Å². The number of carbonyl (C=O) groups is 4. The van der Waals surface area contributed by atoms with Crippen LogP contribution in [0.25, 0.3) is 6.08 Å². The number of nitrogens with one attached hydrogen (secondary N) is 3. The van der Waals surface area contributed by atoms with E-state index in [-0.39, 0.29) is 17.2 Å². The van der Waals surface area contributed by atoms with Gasteiger partial charge in [0.2, 0.25) is 5.91 Å². The molecule has 0 radical (unpaired) electrons. The summed E-state index contributed by atoms with van der Waals surface area (Å²) in [6.07, 6.45) is 1.94. The molecule has 4 aromatic carbocycles. The minimum absolute atomic E-state index is 0.0440. The summed E-state index contributed by atoms with van der Waals surface area (Å²) in [5, 5.41) is 7.71. The highest BCUT2D eigenvalue weighted by atomic mass is 32.2. The van der Waals surface area contributed by atoms with Crippen LogP contribution in [-0.2, 0) is 9.59 Å². The minimum atomic E-state index is -0.646. The van der Waals surface area contributed by atoms with E-state index in [1.807, 2.05) is 6.92 Å². The molecule has 0 bridgehead atoms. The zero-order chi connectivity index (χ0) is 30.8. The highest BCUT2D eigenvalue weighted by Gasteiger charge is 2.21. The molecule has 43 heavy (non-hydrogen) atoms. The molecule has 0 heterocycles. The second-order valence-corrected chi connectivity index (χ2v) is 10.6. The van der Waals surface area contributed by atoms with Crippen molar-refractivity contribution in [1.29, 1.82) is 0 Å². The number of hydrogen-bond acceptors (Lipinski definition) is 5. The molecule has 4 aromatic rings. The summed E-state index contributed by atoms with van der Waals surface area (Å²) in [4.78, 5) is 51.7. The van der Waals surface area contributed by atoms with E-state index in [1.54, 1.807) is 78.9 Å². The van der Waals surface area contributed by atoms with Crippen LogP contribution in [-0.4, -0.2) is 28.9 Å². The van der Waals surface area contributed by atoms with Crippen molar-refractivity contribution >= 4 is 52.8 Å². The fraction of sp³-hybridized carbons (Fsp3) is 0.0909. The first-order valence-corrected chi connectivity index (χ1v) is 14.2. The maximum Gasteiger partial charge on any atom is 0.272 e. The zero-order valence-corrected chi connectivity index (χ0v) is 24.0. The molecule has 0 fully saturated rings. The van der Waals surface area contributed by atoms with Crippen LogP contribution in [0.15, 0.2) is 114 Å². The summed E-state index contributed by atoms with van der Waals surface area (Å²) in [7, 11) is 0. The first kappa shape index (κ1) is 30.7. The number of anilines is 2. The first-order chi connectivity index (χ1) is 20.7. The number of hydrogen-bond donors (Lipinski definition) is 4. The van der Waals surface area contributed by atoms with Gasteiger partial charge in [0.05, 0.1) is 16.5 Å². The summed E-state index contributed by atoms with van der Waals surface area (Å²) < 4.78 is 13.4. The van der Waals surface area contributed by atoms with Crippen molar-refractivity contribution < 1.29 is 23.6 Å². The Kier molecular flexibility index (Phi) is 10.4. The molecular weight excluding hydrogens is 567 g/mol. The maximum atomic E-state index is 13.4. The lowest BCUT2D eigenvalue weighted by Gasteiger charge is -2.17. The van der Waals surface area contributed by atoms with Gasteiger partial charge in [0.1, 0.15) is 11.5 Å². The van der Waals surface area contributed by atoms with Crippen molar-refractivity contribution in [3.8, 4) is 0 Å². The van der Waals surface area contributed by atoms with Gasteiger partial charge in [-0.25, -0.2) is 4.39 Å². The molecule has 1 atom stereocenters. The van der Waals surface area contributed by atoms with Crippen molar-refractivity contribution in [3.63, 3.8) is 0 Å². The van der Waals surface area contributed by atoms with Gasteiger partial charge in [0, 0.05) is 16.1 Å². The van der Waals surface area contributed by atoms with E-state index in [1.165, 1.54) is 42.1 Å². The van der Waals surface area contributed by atoms with Crippen LogP contribution in [0.3, 0.4) is 0 Å². The molecular formula is C33H29FN4O4S. The SMILES string of the molecule is CCC(Sc1cccc(NC(=O)/C(=C\c2ccc(F)cc2)NC(=O)c2ccccc2)c1)C(=O)Nc1ccccc1C(N)=O. The maximum absolute atomic E-state index is 13.4. The van der Waals surface area contributed by atoms with Gasteiger partial charge in [-0.2, -0.15) is 0 Å². The standard InChI is InChI=1S/C33H29FN4O4S/c1-2-29(33(42)37-27-14-7-6-13-26(27)30(35)39)43-25-12-8-11-24(20-25)36-32(41)28(19-21-15-17-23(34)18-16-21)38-31(40)22-9-4-3-5-10-22/h3-20,29H,2H2,1H3,(H2,35,39)(H,36,41)(H,37,42)(H,38,40)/b28-19+. The van der Waals surface area contributed by atoms with Crippen molar-refractivity contribution in [2.45, 2.75) is 23.5 Å². The second kappa shape index (κ2) is 14.6. The first-order valence-electron chi connectivity index (χ1n) is 13.3. The third kappa shape index (κ3) is 8.64. The quantitative estimate of drug-likeness (QED) is 0.128. The Morgan fingerprint density at radius 3 is 2.26 bits per heavy atom. The van der Waals surface area contributed by atoms with Crippen LogP contribution < -0.4 is 21.7 Å². The van der Waals surface area contributed by atoms with E-state index in [4.69, 9.17) is 5.73 Å². The Balaban J connectivity index is 1.50. The van der Waals surface area contributed by atoms with Crippen LogP contribution in [0.2, 0.25) is 0 Å².